The first-order chi connectivity index (χ1) is 7.81. The Hall–Kier alpha value is -1.81. The smallest absolute Gasteiger partial charge is 0.129 e. The number of nitrogens with zero attached hydrogens (tertiary/aromatic N) is 2. The molecule has 0 radical (unpaired) electrons. The predicted octanol–water partition coefficient (Wildman–Crippen LogP) is 1.44. The van der Waals surface area contributed by atoms with Crippen molar-refractivity contribution in [1.29, 1.82) is 0 Å². The van der Waals surface area contributed by atoms with Crippen LogP contribution in [-0.4, -0.2) is 9.78 Å². The normalized spacial score (nSPS) is 12.9. The van der Waals surface area contributed by atoms with Gasteiger partial charge in [-0.15, -0.1) is 0 Å². The molecule has 1 aliphatic heterocycles. The highest BCUT2D eigenvalue weighted by Crippen LogP contribution is 2.37. The molecule has 0 aliphatic carbocycles. The number of rotatable bonds is 1. The van der Waals surface area contributed by atoms with Crippen LogP contribution in [-0.2, 0) is 20.2 Å². The van der Waals surface area contributed by atoms with E-state index < -0.39 is 0 Å². The second-order valence-corrected chi connectivity index (χ2v) is 3.89. The van der Waals surface area contributed by atoms with E-state index in [1.165, 1.54) is 0 Å². The van der Waals surface area contributed by atoms with E-state index >= 15 is 0 Å². The minimum absolute atomic E-state index is 0.453. The number of nitrogens with two attached hydrogens (primary N) is 1. The lowest BCUT2D eigenvalue weighted by atomic mass is 10.0. The van der Waals surface area contributed by atoms with Crippen molar-refractivity contribution in [2.75, 3.05) is 0 Å². The Morgan fingerprint density at radius 1 is 1.44 bits per heavy atom. The van der Waals surface area contributed by atoms with Crippen LogP contribution >= 0.6 is 0 Å². The minimum atomic E-state index is 0.453. The SMILES string of the molecule is Cn1nc(CN)c2c1-c1ccccc1OC2. The van der Waals surface area contributed by atoms with Crippen LogP contribution in [0.2, 0.25) is 0 Å². The van der Waals surface area contributed by atoms with Crippen molar-refractivity contribution in [2.45, 2.75) is 13.2 Å². The Kier molecular flexibility index (Phi) is 1.97. The zero-order valence-corrected chi connectivity index (χ0v) is 9.10. The van der Waals surface area contributed by atoms with Crippen molar-refractivity contribution in [3.8, 4) is 17.0 Å². The molecule has 82 valence electrons. The van der Waals surface area contributed by atoms with Crippen LogP contribution in [0.3, 0.4) is 0 Å². The number of benzene rings is 1. The number of para-hydroxylation sites is 1. The van der Waals surface area contributed by atoms with E-state index in [-0.39, 0.29) is 0 Å². The highest BCUT2D eigenvalue weighted by Gasteiger charge is 2.23. The summed E-state index contributed by atoms with van der Waals surface area (Å²) in [5.41, 5.74) is 9.94. The molecule has 16 heavy (non-hydrogen) atoms. The third-order valence-corrected chi connectivity index (χ3v) is 2.94. The number of hydrogen-bond donors (Lipinski definition) is 1. The maximum Gasteiger partial charge on any atom is 0.129 e. The number of hydrogen-bond acceptors (Lipinski definition) is 3. The fourth-order valence-corrected chi connectivity index (χ4v) is 2.21. The lowest BCUT2D eigenvalue weighted by molar-refractivity contribution is 0.301. The average Bonchev–Trinajstić information content (AvgIpc) is 2.66. The van der Waals surface area contributed by atoms with Crippen molar-refractivity contribution in [3.05, 3.63) is 35.5 Å². The number of ether oxygens (including phenoxy) is 1. The van der Waals surface area contributed by atoms with Crippen LogP contribution in [0.5, 0.6) is 5.75 Å². The quantitative estimate of drug-likeness (QED) is 0.783. The molecule has 0 saturated heterocycles. The summed E-state index contributed by atoms with van der Waals surface area (Å²) < 4.78 is 7.58. The summed E-state index contributed by atoms with van der Waals surface area (Å²) in [4.78, 5) is 0. The molecule has 1 aromatic heterocycles. The number of aromatic nitrogens is 2. The Balaban J connectivity index is 2.28. The Morgan fingerprint density at radius 3 is 3.06 bits per heavy atom. The highest BCUT2D eigenvalue weighted by molar-refractivity contribution is 5.72. The molecule has 2 N–H and O–H groups in total. The van der Waals surface area contributed by atoms with E-state index in [1.54, 1.807) is 0 Å². The van der Waals surface area contributed by atoms with Gasteiger partial charge in [0.1, 0.15) is 12.4 Å². The van der Waals surface area contributed by atoms with Crippen molar-refractivity contribution >= 4 is 0 Å². The Bertz CT molecular complexity index is 545. The van der Waals surface area contributed by atoms with E-state index in [1.807, 2.05) is 29.9 Å². The first-order valence-corrected chi connectivity index (χ1v) is 5.28. The third-order valence-electron chi connectivity index (χ3n) is 2.94. The maximum absolute atomic E-state index is 5.70. The van der Waals surface area contributed by atoms with E-state index in [0.717, 1.165) is 28.3 Å². The highest BCUT2D eigenvalue weighted by atomic mass is 16.5. The number of aryl methyl sites for hydroxylation is 1. The monoisotopic (exact) mass is 215 g/mol. The van der Waals surface area contributed by atoms with Gasteiger partial charge < -0.3 is 10.5 Å². The largest absolute Gasteiger partial charge is 0.488 e. The van der Waals surface area contributed by atoms with Crippen LogP contribution in [0.4, 0.5) is 0 Å². The Morgan fingerprint density at radius 2 is 2.25 bits per heavy atom. The fourth-order valence-electron chi connectivity index (χ4n) is 2.21. The topological polar surface area (TPSA) is 53.1 Å². The van der Waals surface area contributed by atoms with Crippen molar-refractivity contribution in [1.82, 2.24) is 9.78 Å². The molecule has 0 spiro atoms. The van der Waals surface area contributed by atoms with Gasteiger partial charge in [-0.2, -0.15) is 5.10 Å². The molecule has 4 nitrogen and oxygen atoms in total. The second kappa shape index (κ2) is 3.35. The van der Waals surface area contributed by atoms with Gasteiger partial charge in [0.2, 0.25) is 0 Å². The molecule has 0 atom stereocenters. The Labute approximate surface area is 93.6 Å². The van der Waals surface area contributed by atoms with Crippen molar-refractivity contribution in [3.63, 3.8) is 0 Å². The molecule has 0 fully saturated rings. The third kappa shape index (κ3) is 1.17. The van der Waals surface area contributed by atoms with Gasteiger partial charge in [0, 0.05) is 24.7 Å². The summed E-state index contributed by atoms with van der Waals surface area (Å²) in [6.45, 7) is 1.02. The zero-order chi connectivity index (χ0) is 11.1. The van der Waals surface area contributed by atoms with Gasteiger partial charge >= 0.3 is 0 Å². The lowest BCUT2D eigenvalue weighted by Crippen LogP contribution is -2.08. The van der Waals surface area contributed by atoms with Crippen LogP contribution in [0.1, 0.15) is 11.3 Å². The van der Waals surface area contributed by atoms with Crippen molar-refractivity contribution < 1.29 is 4.74 Å². The van der Waals surface area contributed by atoms with Gasteiger partial charge in [-0.3, -0.25) is 4.68 Å². The molecule has 1 aromatic carbocycles. The molecular weight excluding hydrogens is 202 g/mol. The van der Waals surface area contributed by atoms with E-state index in [4.69, 9.17) is 10.5 Å². The zero-order valence-electron chi connectivity index (χ0n) is 9.10. The molecule has 2 aromatic rings. The van der Waals surface area contributed by atoms with Gasteiger partial charge in [-0.05, 0) is 12.1 Å². The van der Waals surface area contributed by atoms with Crippen LogP contribution in [0.15, 0.2) is 24.3 Å². The van der Waals surface area contributed by atoms with Crippen LogP contribution in [0, 0.1) is 0 Å². The standard InChI is InChI=1S/C12H13N3O/c1-15-12-8-4-2-3-5-11(8)16-7-9(12)10(6-13)14-15/h2-5H,6-7,13H2,1H3. The molecule has 3 rings (SSSR count). The molecule has 0 bridgehead atoms. The predicted molar refractivity (Wildman–Crippen MR) is 60.9 cm³/mol. The van der Waals surface area contributed by atoms with Crippen LogP contribution in [0.25, 0.3) is 11.3 Å². The minimum Gasteiger partial charge on any atom is -0.488 e. The summed E-state index contributed by atoms with van der Waals surface area (Å²) in [7, 11) is 1.94. The second-order valence-electron chi connectivity index (χ2n) is 3.89. The van der Waals surface area contributed by atoms with Crippen LogP contribution < -0.4 is 10.5 Å². The maximum atomic E-state index is 5.70. The van der Waals surface area contributed by atoms with E-state index in [2.05, 4.69) is 11.2 Å². The van der Waals surface area contributed by atoms with Gasteiger partial charge in [-0.1, -0.05) is 12.1 Å². The molecule has 2 heterocycles. The van der Waals surface area contributed by atoms with Gasteiger partial charge in [0.25, 0.3) is 0 Å². The molecular formula is C12H13N3O. The summed E-state index contributed by atoms with van der Waals surface area (Å²) in [6, 6.07) is 8.01. The first kappa shape index (κ1) is 9.42. The average molecular weight is 215 g/mol. The lowest BCUT2D eigenvalue weighted by Gasteiger charge is -2.18. The number of fused-ring (bicyclic) bond motifs is 3. The summed E-state index contributed by atoms with van der Waals surface area (Å²) in [5.74, 6) is 0.918. The molecule has 0 amide bonds. The fraction of sp³-hybridized carbons (Fsp3) is 0.250. The molecule has 0 unspecified atom stereocenters. The van der Waals surface area contributed by atoms with Gasteiger partial charge in [0.15, 0.2) is 0 Å². The van der Waals surface area contributed by atoms with Gasteiger partial charge in [-0.25, -0.2) is 0 Å². The summed E-state index contributed by atoms with van der Waals surface area (Å²) in [5, 5.41) is 4.42. The summed E-state index contributed by atoms with van der Waals surface area (Å²) in [6.07, 6.45) is 0. The van der Waals surface area contributed by atoms with E-state index in [9.17, 15) is 0 Å². The summed E-state index contributed by atoms with van der Waals surface area (Å²) >= 11 is 0. The van der Waals surface area contributed by atoms with Gasteiger partial charge in [0.05, 0.1) is 11.4 Å². The molecule has 4 heteroatoms. The van der Waals surface area contributed by atoms with E-state index in [0.29, 0.717) is 13.2 Å². The molecule has 1 aliphatic rings. The molecule has 0 saturated carbocycles. The van der Waals surface area contributed by atoms with Crippen molar-refractivity contribution in [2.24, 2.45) is 12.8 Å². The first-order valence-electron chi connectivity index (χ1n) is 5.28.